The minimum atomic E-state index is -0.989. The maximum atomic E-state index is 13.9. The molecule has 10 heteroatoms. The zero-order valence-corrected chi connectivity index (χ0v) is 21.8. The van der Waals surface area contributed by atoms with Crippen LogP contribution in [0.25, 0.3) is 0 Å². The molecule has 3 amide bonds. The molecule has 0 spiro atoms. The van der Waals surface area contributed by atoms with Gasteiger partial charge in [-0.15, -0.1) is 0 Å². The standard InChI is InChI=1S/C26H35N3O7/c1-25(2,3)36-24(33)28-13-15(11-16(14-28)22(31)34-6)21(30)29(17-7-8-17)18-9-10-20-19(12-18)27-23(32)26(4,5)35-20/h9-10,12,15-17H,7-8,11,13-14H2,1-6H3,(H,27,32)/t15-,16+/m1/s1. The lowest BCUT2D eigenvalue weighted by Crippen LogP contribution is -2.52. The van der Waals surface area contributed by atoms with Crippen LogP contribution in [0.4, 0.5) is 16.2 Å². The molecular formula is C26H35N3O7. The van der Waals surface area contributed by atoms with Crippen molar-refractivity contribution >= 4 is 35.3 Å². The quantitative estimate of drug-likeness (QED) is 0.630. The minimum Gasteiger partial charge on any atom is -0.476 e. The third-order valence-electron chi connectivity index (χ3n) is 6.54. The van der Waals surface area contributed by atoms with Crippen LogP contribution in [0.5, 0.6) is 5.75 Å². The number of anilines is 2. The van der Waals surface area contributed by atoms with E-state index in [0.717, 1.165) is 12.8 Å². The van der Waals surface area contributed by atoms with E-state index >= 15 is 0 Å². The van der Waals surface area contributed by atoms with E-state index in [4.69, 9.17) is 14.2 Å². The molecule has 0 radical (unpaired) electrons. The van der Waals surface area contributed by atoms with Crippen LogP contribution in [0, 0.1) is 11.8 Å². The van der Waals surface area contributed by atoms with Gasteiger partial charge >= 0.3 is 12.1 Å². The zero-order valence-electron chi connectivity index (χ0n) is 21.8. The van der Waals surface area contributed by atoms with Crippen molar-refractivity contribution < 1.29 is 33.4 Å². The number of nitrogens with one attached hydrogen (secondary N) is 1. The molecule has 10 nitrogen and oxygen atoms in total. The van der Waals surface area contributed by atoms with Crippen molar-refractivity contribution in [2.75, 3.05) is 30.4 Å². The van der Waals surface area contributed by atoms with Crippen LogP contribution in [0.15, 0.2) is 18.2 Å². The fourth-order valence-electron chi connectivity index (χ4n) is 4.59. The summed E-state index contributed by atoms with van der Waals surface area (Å²) >= 11 is 0. The summed E-state index contributed by atoms with van der Waals surface area (Å²) in [5, 5.41) is 2.86. The number of esters is 1. The highest BCUT2D eigenvalue weighted by atomic mass is 16.6. The lowest BCUT2D eigenvalue weighted by Gasteiger charge is -2.39. The molecule has 1 aliphatic carbocycles. The summed E-state index contributed by atoms with van der Waals surface area (Å²) < 4.78 is 16.3. The molecule has 2 atom stereocenters. The monoisotopic (exact) mass is 501 g/mol. The lowest BCUT2D eigenvalue weighted by molar-refractivity contribution is -0.148. The van der Waals surface area contributed by atoms with Gasteiger partial charge in [0.2, 0.25) is 5.91 Å². The Bertz CT molecular complexity index is 1070. The van der Waals surface area contributed by atoms with Crippen molar-refractivity contribution in [3.63, 3.8) is 0 Å². The highest BCUT2D eigenvalue weighted by molar-refractivity contribution is 6.02. The van der Waals surface area contributed by atoms with Gasteiger partial charge in [-0.1, -0.05) is 0 Å². The van der Waals surface area contributed by atoms with Crippen LogP contribution in [0.3, 0.4) is 0 Å². The van der Waals surface area contributed by atoms with Gasteiger partial charge in [0.15, 0.2) is 5.60 Å². The van der Waals surface area contributed by atoms with E-state index in [9.17, 15) is 19.2 Å². The van der Waals surface area contributed by atoms with Gasteiger partial charge in [0.05, 0.1) is 24.6 Å². The second kappa shape index (κ2) is 9.29. The maximum Gasteiger partial charge on any atom is 0.410 e. The minimum absolute atomic E-state index is 0.0145. The molecule has 4 rings (SSSR count). The van der Waals surface area contributed by atoms with Gasteiger partial charge in [0.1, 0.15) is 11.4 Å². The van der Waals surface area contributed by atoms with Gasteiger partial charge in [-0.3, -0.25) is 14.4 Å². The summed E-state index contributed by atoms with van der Waals surface area (Å²) in [5.74, 6) is -1.62. The normalized spacial score (nSPS) is 23.1. The number of piperidine rings is 1. The molecule has 2 aliphatic heterocycles. The number of carbonyl (C=O) groups is 4. The van der Waals surface area contributed by atoms with E-state index in [2.05, 4.69) is 5.32 Å². The third-order valence-corrected chi connectivity index (χ3v) is 6.54. The first kappa shape index (κ1) is 25.8. The van der Waals surface area contributed by atoms with Gasteiger partial charge in [-0.25, -0.2) is 4.79 Å². The fraction of sp³-hybridized carbons (Fsp3) is 0.615. The van der Waals surface area contributed by atoms with Gasteiger partial charge in [0.25, 0.3) is 5.91 Å². The number of rotatable bonds is 4. The van der Waals surface area contributed by atoms with Gasteiger partial charge in [-0.05, 0) is 72.1 Å². The molecule has 196 valence electrons. The number of amides is 3. The molecule has 0 bridgehead atoms. The van der Waals surface area contributed by atoms with E-state index in [-0.39, 0.29) is 37.4 Å². The Balaban J connectivity index is 1.60. The summed E-state index contributed by atoms with van der Waals surface area (Å²) in [4.78, 5) is 54.7. The van der Waals surface area contributed by atoms with Crippen molar-refractivity contribution in [3.8, 4) is 5.75 Å². The molecule has 1 saturated carbocycles. The maximum absolute atomic E-state index is 13.9. The van der Waals surface area contributed by atoms with Crippen molar-refractivity contribution in [3.05, 3.63) is 18.2 Å². The number of hydrogen-bond acceptors (Lipinski definition) is 7. The number of methoxy groups -OCH3 is 1. The molecule has 0 unspecified atom stereocenters. The Hall–Kier alpha value is -3.30. The summed E-state index contributed by atoms with van der Waals surface area (Å²) in [5.41, 5.74) is -0.564. The number of hydrogen-bond donors (Lipinski definition) is 1. The molecule has 3 aliphatic rings. The first-order chi connectivity index (χ1) is 16.8. The number of nitrogens with zero attached hydrogens (tertiary/aromatic N) is 2. The van der Waals surface area contributed by atoms with E-state index in [1.165, 1.54) is 12.0 Å². The second-order valence-electron chi connectivity index (χ2n) is 11.2. The first-order valence-electron chi connectivity index (χ1n) is 12.3. The van der Waals surface area contributed by atoms with Crippen LogP contribution < -0.4 is 15.0 Å². The van der Waals surface area contributed by atoms with E-state index < -0.39 is 35.1 Å². The number of benzene rings is 1. The predicted octanol–water partition coefficient (Wildman–Crippen LogP) is 3.34. The molecule has 1 N–H and O–H groups in total. The Morgan fingerprint density at radius 1 is 1.14 bits per heavy atom. The molecule has 2 heterocycles. The highest BCUT2D eigenvalue weighted by Crippen LogP contribution is 2.41. The largest absolute Gasteiger partial charge is 0.476 e. The average Bonchev–Trinajstić information content (AvgIpc) is 3.63. The Morgan fingerprint density at radius 3 is 2.42 bits per heavy atom. The summed E-state index contributed by atoms with van der Waals surface area (Å²) in [6.45, 7) is 8.96. The molecule has 1 aromatic carbocycles. The second-order valence-corrected chi connectivity index (χ2v) is 11.2. The van der Waals surface area contributed by atoms with Crippen LogP contribution in [0.1, 0.15) is 53.9 Å². The average molecular weight is 502 g/mol. The Kier molecular flexibility index (Phi) is 6.66. The van der Waals surface area contributed by atoms with Crippen molar-refractivity contribution in [2.24, 2.45) is 11.8 Å². The van der Waals surface area contributed by atoms with E-state index in [1.54, 1.807) is 57.7 Å². The third kappa shape index (κ3) is 5.42. The topological polar surface area (TPSA) is 114 Å². The number of carbonyl (C=O) groups excluding carboxylic acids is 4. The van der Waals surface area contributed by atoms with Crippen LogP contribution >= 0.6 is 0 Å². The van der Waals surface area contributed by atoms with Crippen molar-refractivity contribution in [1.82, 2.24) is 4.90 Å². The number of fused-ring (bicyclic) bond motifs is 1. The number of ether oxygens (including phenoxy) is 3. The zero-order chi connectivity index (χ0) is 26.4. The van der Waals surface area contributed by atoms with Crippen LogP contribution in [-0.2, 0) is 23.9 Å². The van der Waals surface area contributed by atoms with Crippen LogP contribution in [-0.4, -0.2) is 66.2 Å². The predicted molar refractivity (Wildman–Crippen MR) is 132 cm³/mol. The summed E-state index contributed by atoms with van der Waals surface area (Å²) in [7, 11) is 1.30. The van der Waals surface area contributed by atoms with Gasteiger partial charge in [-0.2, -0.15) is 0 Å². The fourth-order valence-corrected chi connectivity index (χ4v) is 4.59. The Labute approximate surface area is 211 Å². The van der Waals surface area contributed by atoms with Gasteiger partial charge in [0, 0.05) is 24.8 Å². The molecule has 0 aromatic heterocycles. The van der Waals surface area contributed by atoms with Gasteiger partial charge < -0.3 is 29.3 Å². The van der Waals surface area contributed by atoms with E-state index in [0.29, 0.717) is 17.1 Å². The molecular weight excluding hydrogens is 466 g/mol. The first-order valence-corrected chi connectivity index (χ1v) is 12.3. The van der Waals surface area contributed by atoms with Crippen molar-refractivity contribution in [1.29, 1.82) is 0 Å². The summed E-state index contributed by atoms with van der Waals surface area (Å²) in [6, 6.07) is 5.31. The summed E-state index contributed by atoms with van der Waals surface area (Å²) in [6.07, 6.45) is 1.40. The lowest BCUT2D eigenvalue weighted by atomic mass is 9.88. The molecule has 2 fully saturated rings. The van der Waals surface area contributed by atoms with Crippen LogP contribution in [0.2, 0.25) is 0 Å². The van der Waals surface area contributed by atoms with E-state index in [1.807, 2.05) is 0 Å². The smallest absolute Gasteiger partial charge is 0.410 e. The van der Waals surface area contributed by atoms with Crippen molar-refractivity contribution in [2.45, 2.75) is 71.1 Å². The molecule has 36 heavy (non-hydrogen) atoms. The molecule has 1 saturated heterocycles. The Morgan fingerprint density at radius 2 is 1.81 bits per heavy atom. The SMILES string of the molecule is COC(=O)[C@H]1C[C@@H](C(=O)N(c2ccc3c(c2)NC(=O)C(C)(C)O3)C2CC2)CN(C(=O)OC(C)(C)C)C1. The number of likely N-dealkylation sites (tertiary alicyclic amines) is 1. The highest BCUT2D eigenvalue weighted by Gasteiger charge is 2.44. The molecule has 1 aromatic rings.